The zero-order valence-electron chi connectivity index (χ0n) is 10.4. The zero-order valence-corrected chi connectivity index (χ0v) is 11.3. The van der Waals surface area contributed by atoms with E-state index in [1.807, 2.05) is 0 Å². The highest BCUT2D eigenvalue weighted by Crippen LogP contribution is 2.38. The average molecular weight is 292 g/mol. The second kappa shape index (κ2) is 4.60. The first-order valence-corrected chi connectivity index (χ1v) is 6.61. The van der Waals surface area contributed by atoms with E-state index in [1.54, 1.807) is 18.2 Å². The highest BCUT2D eigenvalue weighted by Gasteiger charge is 2.44. The Hall–Kier alpha value is -1.86. The van der Waals surface area contributed by atoms with Crippen LogP contribution in [0.5, 0.6) is 0 Å². The summed E-state index contributed by atoms with van der Waals surface area (Å²) in [5, 5.41) is 12.5. The molecule has 0 bridgehead atoms. The minimum Gasteiger partial charge on any atom is -0.369 e. The van der Waals surface area contributed by atoms with E-state index >= 15 is 0 Å². The van der Waals surface area contributed by atoms with Crippen molar-refractivity contribution in [2.45, 2.75) is 30.0 Å². The van der Waals surface area contributed by atoms with E-state index in [0.717, 1.165) is 4.90 Å². The Bertz CT molecular complexity index is 631. The summed E-state index contributed by atoms with van der Waals surface area (Å²) in [6.07, 6.45) is -0.851. The molecule has 0 aromatic heterocycles. The van der Waals surface area contributed by atoms with Crippen molar-refractivity contribution in [2.75, 3.05) is 0 Å². The monoisotopic (exact) mass is 292 g/mol. The Kier molecular flexibility index (Phi) is 3.02. The van der Waals surface area contributed by atoms with Gasteiger partial charge in [-0.15, -0.1) is 12.6 Å². The summed E-state index contributed by atoms with van der Waals surface area (Å²) in [5.41, 5.74) is 0.750. The summed E-state index contributed by atoms with van der Waals surface area (Å²) < 4.78 is 0. The van der Waals surface area contributed by atoms with Gasteiger partial charge in [0.05, 0.1) is 0 Å². The molecule has 1 saturated heterocycles. The summed E-state index contributed by atoms with van der Waals surface area (Å²) in [6, 6.07) is 4.09. The number of benzene rings is 1. The number of aliphatic hydroxyl groups excluding tert-OH is 1. The Morgan fingerprint density at radius 1 is 1.30 bits per heavy atom. The molecule has 6 nitrogen and oxygen atoms in total. The number of fused-ring (bicyclic) bond motifs is 1. The van der Waals surface area contributed by atoms with E-state index in [2.05, 4.69) is 17.9 Å². The van der Waals surface area contributed by atoms with Crippen LogP contribution in [0.2, 0.25) is 0 Å². The molecular formula is C13H12N2O4S. The maximum Gasteiger partial charge on any atom is 0.257 e. The molecule has 2 N–H and O–H groups in total. The quantitative estimate of drug-likeness (QED) is 0.511. The lowest BCUT2D eigenvalue weighted by atomic mass is 10.0. The average Bonchev–Trinajstić information content (AvgIpc) is 2.64. The van der Waals surface area contributed by atoms with Crippen LogP contribution in [-0.2, 0) is 9.59 Å². The van der Waals surface area contributed by atoms with Crippen LogP contribution >= 0.6 is 12.6 Å². The third-order valence-electron chi connectivity index (χ3n) is 3.62. The molecule has 0 saturated carbocycles. The van der Waals surface area contributed by atoms with E-state index in [4.69, 9.17) is 0 Å². The number of rotatable bonds is 1. The first kappa shape index (κ1) is 13.1. The first-order chi connectivity index (χ1) is 9.50. The second-order valence-corrected chi connectivity index (χ2v) is 5.27. The van der Waals surface area contributed by atoms with Gasteiger partial charge in [-0.05, 0) is 18.6 Å². The van der Waals surface area contributed by atoms with E-state index < -0.39 is 24.1 Å². The van der Waals surface area contributed by atoms with Gasteiger partial charge in [0.25, 0.3) is 5.91 Å². The minimum atomic E-state index is -1.21. The summed E-state index contributed by atoms with van der Waals surface area (Å²) in [7, 11) is 0. The number of aliphatic hydroxyl groups is 1. The largest absolute Gasteiger partial charge is 0.369 e. The lowest BCUT2D eigenvalue weighted by Gasteiger charge is -2.32. The third-order valence-corrected chi connectivity index (χ3v) is 4.01. The molecule has 104 valence electrons. The number of imide groups is 1. The number of nitrogens with zero attached hydrogens (tertiary/aromatic N) is 1. The van der Waals surface area contributed by atoms with Gasteiger partial charge in [0.2, 0.25) is 11.8 Å². The van der Waals surface area contributed by atoms with Gasteiger partial charge in [-0.3, -0.25) is 24.6 Å². The molecule has 0 aliphatic carbocycles. The predicted octanol–water partition coefficient (Wildman–Crippen LogP) is 0.227. The lowest BCUT2D eigenvalue weighted by molar-refractivity contribution is -0.139. The molecule has 0 radical (unpaired) electrons. The Labute approximate surface area is 120 Å². The van der Waals surface area contributed by atoms with Crippen molar-refractivity contribution in [1.29, 1.82) is 0 Å². The van der Waals surface area contributed by atoms with Crippen LogP contribution in [-0.4, -0.2) is 33.8 Å². The Morgan fingerprint density at radius 2 is 2.05 bits per heavy atom. The molecule has 2 aliphatic heterocycles. The molecular weight excluding hydrogens is 280 g/mol. The standard InChI is InChI=1S/C13H12N2O4S/c16-9-5-4-7(11(17)14-9)15-12(18)6-2-1-3-8(20)10(6)13(15)19/h1-3,7,13,19-20H,4-5H2,(H,14,16,17). The SMILES string of the molecule is O=C1CCC(N2C(=O)c3cccc(S)c3C2O)C(=O)N1. The van der Waals surface area contributed by atoms with Crippen molar-refractivity contribution >= 4 is 30.4 Å². The molecule has 3 amide bonds. The third kappa shape index (κ3) is 1.82. The number of thiol groups is 1. The normalized spacial score (nSPS) is 25.7. The van der Waals surface area contributed by atoms with Gasteiger partial charge < -0.3 is 5.11 Å². The number of amides is 3. The topological polar surface area (TPSA) is 86.7 Å². The van der Waals surface area contributed by atoms with Gasteiger partial charge in [0.15, 0.2) is 6.23 Å². The minimum absolute atomic E-state index is 0.150. The fourth-order valence-corrected chi connectivity index (χ4v) is 2.98. The lowest BCUT2D eigenvalue weighted by Crippen LogP contribution is -2.53. The number of hydrogen-bond acceptors (Lipinski definition) is 5. The van der Waals surface area contributed by atoms with Gasteiger partial charge in [0.1, 0.15) is 6.04 Å². The van der Waals surface area contributed by atoms with Crippen molar-refractivity contribution in [3.8, 4) is 0 Å². The van der Waals surface area contributed by atoms with Crippen LogP contribution in [0.25, 0.3) is 0 Å². The van der Waals surface area contributed by atoms with E-state index in [9.17, 15) is 19.5 Å². The predicted molar refractivity (Wildman–Crippen MR) is 71.0 cm³/mol. The highest BCUT2D eigenvalue weighted by atomic mass is 32.1. The number of piperidine rings is 1. The van der Waals surface area contributed by atoms with Gasteiger partial charge in [-0.1, -0.05) is 6.07 Å². The summed E-state index contributed by atoms with van der Waals surface area (Å²) >= 11 is 4.24. The molecule has 2 atom stereocenters. The van der Waals surface area contributed by atoms with Crippen LogP contribution in [0.4, 0.5) is 0 Å². The van der Waals surface area contributed by atoms with Crippen molar-refractivity contribution < 1.29 is 19.5 Å². The number of nitrogens with one attached hydrogen (secondary N) is 1. The number of hydrogen-bond donors (Lipinski definition) is 3. The van der Waals surface area contributed by atoms with Gasteiger partial charge in [-0.2, -0.15) is 0 Å². The maximum atomic E-state index is 12.4. The molecule has 20 heavy (non-hydrogen) atoms. The van der Waals surface area contributed by atoms with Gasteiger partial charge >= 0.3 is 0 Å². The second-order valence-electron chi connectivity index (χ2n) is 4.79. The van der Waals surface area contributed by atoms with Crippen LogP contribution in [0.1, 0.15) is 35.0 Å². The van der Waals surface area contributed by atoms with Gasteiger partial charge in [0, 0.05) is 22.4 Å². The summed E-state index contributed by atoms with van der Waals surface area (Å²) in [4.78, 5) is 37.0. The Morgan fingerprint density at radius 3 is 2.70 bits per heavy atom. The molecule has 1 fully saturated rings. The molecule has 1 aromatic carbocycles. The fourth-order valence-electron chi connectivity index (χ4n) is 2.66. The van der Waals surface area contributed by atoms with Crippen LogP contribution in [0, 0.1) is 0 Å². The van der Waals surface area contributed by atoms with Crippen molar-refractivity contribution in [1.82, 2.24) is 10.2 Å². The molecule has 3 rings (SSSR count). The van der Waals surface area contributed by atoms with Crippen molar-refractivity contribution in [3.05, 3.63) is 29.3 Å². The van der Waals surface area contributed by atoms with Crippen LogP contribution in [0.3, 0.4) is 0 Å². The van der Waals surface area contributed by atoms with Crippen molar-refractivity contribution in [2.24, 2.45) is 0 Å². The Balaban J connectivity index is 1.98. The summed E-state index contributed by atoms with van der Waals surface area (Å²) in [6.45, 7) is 0. The zero-order chi connectivity index (χ0) is 14.4. The first-order valence-electron chi connectivity index (χ1n) is 6.17. The van der Waals surface area contributed by atoms with E-state index in [1.165, 1.54) is 0 Å². The fraction of sp³-hybridized carbons (Fsp3) is 0.308. The van der Waals surface area contributed by atoms with Crippen molar-refractivity contribution in [3.63, 3.8) is 0 Å². The molecule has 7 heteroatoms. The van der Waals surface area contributed by atoms with Crippen LogP contribution in [0.15, 0.2) is 23.1 Å². The molecule has 2 heterocycles. The van der Waals surface area contributed by atoms with Crippen LogP contribution < -0.4 is 5.32 Å². The van der Waals surface area contributed by atoms with E-state index in [0.29, 0.717) is 16.0 Å². The van der Waals surface area contributed by atoms with Gasteiger partial charge in [-0.25, -0.2) is 0 Å². The highest BCUT2D eigenvalue weighted by molar-refractivity contribution is 7.80. The summed E-state index contributed by atoms with van der Waals surface area (Å²) in [5.74, 6) is -1.33. The molecule has 2 aliphatic rings. The number of carbonyl (C=O) groups excluding carboxylic acids is 3. The molecule has 1 aromatic rings. The number of carbonyl (C=O) groups is 3. The molecule has 2 unspecified atom stereocenters. The van der Waals surface area contributed by atoms with E-state index in [-0.39, 0.29) is 18.7 Å². The smallest absolute Gasteiger partial charge is 0.257 e. The molecule has 0 spiro atoms. The maximum absolute atomic E-state index is 12.4.